The highest BCUT2D eigenvalue weighted by Crippen LogP contribution is 2.39. The van der Waals surface area contributed by atoms with Gasteiger partial charge in [0.1, 0.15) is 5.65 Å². The highest BCUT2D eigenvalue weighted by Gasteiger charge is 2.36. The fourth-order valence-electron chi connectivity index (χ4n) is 3.89. The molecular formula is C18H23ClN4O2. The smallest absolute Gasteiger partial charge is 0.296 e. The zero-order valence-electron chi connectivity index (χ0n) is 15.0. The third kappa shape index (κ3) is 2.50. The van der Waals surface area contributed by atoms with Crippen LogP contribution in [0.15, 0.2) is 10.9 Å². The molecule has 7 heteroatoms. The first-order valence-electron chi connectivity index (χ1n) is 8.68. The lowest BCUT2D eigenvalue weighted by Crippen LogP contribution is -2.56. The van der Waals surface area contributed by atoms with Gasteiger partial charge in [0.05, 0.1) is 23.0 Å². The van der Waals surface area contributed by atoms with Gasteiger partial charge in [-0.15, -0.1) is 0 Å². The summed E-state index contributed by atoms with van der Waals surface area (Å²) >= 11 is 6.37. The first kappa shape index (κ1) is 16.7. The summed E-state index contributed by atoms with van der Waals surface area (Å²) in [5.41, 5.74) is 2.10. The van der Waals surface area contributed by atoms with Crippen molar-refractivity contribution in [3.63, 3.8) is 0 Å². The average Bonchev–Trinajstić information content (AvgIpc) is 2.75. The molecule has 2 unspecified atom stereocenters. The van der Waals surface area contributed by atoms with Gasteiger partial charge in [-0.2, -0.15) is 0 Å². The Hall–Kier alpha value is -1.79. The molecule has 0 aliphatic carbocycles. The second kappa shape index (κ2) is 5.88. The zero-order valence-corrected chi connectivity index (χ0v) is 15.8. The maximum absolute atomic E-state index is 12.9. The monoisotopic (exact) mass is 362 g/mol. The van der Waals surface area contributed by atoms with Crippen LogP contribution in [0.3, 0.4) is 0 Å². The van der Waals surface area contributed by atoms with E-state index in [-0.39, 0.29) is 5.56 Å². The van der Waals surface area contributed by atoms with Crippen LogP contribution in [0.25, 0.3) is 11.0 Å². The molecule has 0 spiro atoms. The Kier molecular flexibility index (Phi) is 3.92. The summed E-state index contributed by atoms with van der Waals surface area (Å²) < 4.78 is 7.50. The number of hydrogen-bond donors (Lipinski definition) is 0. The van der Waals surface area contributed by atoms with Crippen LogP contribution in [-0.4, -0.2) is 53.3 Å². The van der Waals surface area contributed by atoms with Crippen molar-refractivity contribution in [1.29, 1.82) is 0 Å². The topological polar surface area (TPSA) is 50.6 Å². The van der Waals surface area contributed by atoms with Crippen LogP contribution in [0.5, 0.6) is 5.75 Å². The standard InChI is InChI=1S/C18H23ClN4O2/c1-10-8-23-12(9-21(10)3)5-6-25-16-15(23)13-7-14(19)11(2)20-17(13)22(4)18(16)24/h7,10,12H,5-6,8-9H2,1-4H3. The van der Waals surface area contributed by atoms with E-state index in [4.69, 9.17) is 16.3 Å². The van der Waals surface area contributed by atoms with Crippen LogP contribution in [0.1, 0.15) is 19.0 Å². The molecule has 0 aromatic carbocycles. The molecule has 6 nitrogen and oxygen atoms in total. The minimum atomic E-state index is -0.135. The molecule has 0 N–H and O–H groups in total. The van der Waals surface area contributed by atoms with Gasteiger partial charge in [0.25, 0.3) is 5.56 Å². The quantitative estimate of drug-likeness (QED) is 0.719. The second-order valence-corrected chi connectivity index (χ2v) is 7.61. The highest BCUT2D eigenvalue weighted by molar-refractivity contribution is 6.32. The molecule has 134 valence electrons. The van der Waals surface area contributed by atoms with E-state index in [1.165, 1.54) is 0 Å². The summed E-state index contributed by atoms with van der Waals surface area (Å²) in [5, 5.41) is 1.49. The Morgan fingerprint density at radius 1 is 1.32 bits per heavy atom. The van der Waals surface area contributed by atoms with Gasteiger partial charge in [0.2, 0.25) is 5.75 Å². The Bertz CT molecular complexity index is 910. The third-order valence-corrected chi connectivity index (χ3v) is 5.94. The number of aryl methyl sites for hydroxylation is 2. The maximum Gasteiger partial charge on any atom is 0.296 e. The molecule has 2 aromatic heterocycles. The number of rotatable bonds is 0. The number of piperazine rings is 1. The summed E-state index contributed by atoms with van der Waals surface area (Å²) in [6.07, 6.45) is 0.892. The zero-order chi connectivity index (χ0) is 17.9. The van der Waals surface area contributed by atoms with Gasteiger partial charge >= 0.3 is 0 Å². The molecule has 2 aliphatic heterocycles. The van der Waals surface area contributed by atoms with Gasteiger partial charge in [-0.1, -0.05) is 11.6 Å². The van der Waals surface area contributed by atoms with Crippen LogP contribution in [0.4, 0.5) is 5.69 Å². The van der Waals surface area contributed by atoms with Crippen LogP contribution >= 0.6 is 11.6 Å². The van der Waals surface area contributed by atoms with Crippen molar-refractivity contribution in [1.82, 2.24) is 14.5 Å². The van der Waals surface area contributed by atoms with Gasteiger partial charge in [-0.25, -0.2) is 4.98 Å². The summed E-state index contributed by atoms with van der Waals surface area (Å²) in [6, 6.07) is 2.64. The van der Waals surface area contributed by atoms with Crippen LogP contribution in [0, 0.1) is 6.92 Å². The van der Waals surface area contributed by atoms with Crippen molar-refractivity contribution in [2.45, 2.75) is 32.4 Å². The van der Waals surface area contributed by atoms with Crippen molar-refractivity contribution in [2.24, 2.45) is 7.05 Å². The fourth-order valence-corrected chi connectivity index (χ4v) is 4.04. The molecule has 0 bridgehead atoms. The number of anilines is 1. The molecule has 1 fully saturated rings. The number of likely N-dealkylation sites (N-methyl/N-ethyl adjacent to an activating group) is 1. The van der Waals surface area contributed by atoms with E-state index in [1.54, 1.807) is 11.6 Å². The Morgan fingerprint density at radius 2 is 2.08 bits per heavy atom. The molecule has 0 radical (unpaired) electrons. The van der Waals surface area contributed by atoms with Gasteiger partial charge in [-0.3, -0.25) is 14.3 Å². The minimum Gasteiger partial charge on any atom is -0.486 e. The lowest BCUT2D eigenvalue weighted by Gasteiger charge is -2.44. The van der Waals surface area contributed by atoms with E-state index >= 15 is 0 Å². The number of hydrogen-bond acceptors (Lipinski definition) is 5. The van der Waals surface area contributed by atoms with Crippen molar-refractivity contribution >= 4 is 28.3 Å². The van der Waals surface area contributed by atoms with E-state index in [1.807, 2.05) is 13.0 Å². The van der Waals surface area contributed by atoms with Crippen molar-refractivity contribution < 1.29 is 4.74 Å². The van der Waals surface area contributed by atoms with Gasteiger partial charge in [-0.05, 0) is 27.0 Å². The summed E-state index contributed by atoms with van der Waals surface area (Å²) in [6.45, 7) is 6.42. The molecule has 4 heterocycles. The lowest BCUT2D eigenvalue weighted by molar-refractivity contribution is 0.189. The Labute approximate surface area is 151 Å². The Morgan fingerprint density at radius 3 is 2.84 bits per heavy atom. The van der Waals surface area contributed by atoms with Crippen molar-refractivity contribution in [3.05, 3.63) is 27.1 Å². The normalized spacial score (nSPS) is 23.8. The first-order chi connectivity index (χ1) is 11.9. The number of nitrogens with zero attached hydrogens (tertiary/aromatic N) is 4. The van der Waals surface area contributed by atoms with Gasteiger partial charge < -0.3 is 9.64 Å². The predicted octanol–water partition coefficient (Wildman–Crippen LogP) is 2.19. The molecule has 2 aliphatic rings. The molecule has 4 rings (SSSR count). The average molecular weight is 363 g/mol. The molecule has 1 saturated heterocycles. The Balaban J connectivity index is 2.04. The summed E-state index contributed by atoms with van der Waals surface area (Å²) in [7, 11) is 3.89. The van der Waals surface area contributed by atoms with Gasteiger partial charge in [0, 0.05) is 44.0 Å². The van der Waals surface area contributed by atoms with Crippen molar-refractivity contribution in [3.8, 4) is 5.75 Å². The van der Waals surface area contributed by atoms with Crippen LogP contribution < -0.4 is 15.2 Å². The van der Waals surface area contributed by atoms with E-state index in [9.17, 15) is 4.79 Å². The van der Waals surface area contributed by atoms with E-state index in [0.717, 1.165) is 36.3 Å². The number of ether oxygens (including phenoxy) is 1. The third-order valence-electron chi connectivity index (χ3n) is 5.56. The van der Waals surface area contributed by atoms with E-state index < -0.39 is 0 Å². The number of aromatic nitrogens is 2. The highest BCUT2D eigenvalue weighted by atomic mass is 35.5. The largest absolute Gasteiger partial charge is 0.486 e. The molecule has 2 atom stereocenters. The molecule has 2 aromatic rings. The predicted molar refractivity (Wildman–Crippen MR) is 100 cm³/mol. The molecule has 0 saturated carbocycles. The van der Waals surface area contributed by atoms with E-state index in [0.29, 0.717) is 35.1 Å². The summed E-state index contributed by atoms with van der Waals surface area (Å²) in [4.78, 5) is 22.2. The van der Waals surface area contributed by atoms with Crippen LogP contribution in [-0.2, 0) is 7.05 Å². The molecule has 0 amide bonds. The SMILES string of the molecule is Cc1nc2c(cc1Cl)c1c(c(=O)n2C)OCCC2CN(C)C(C)CN12. The molecule has 25 heavy (non-hydrogen) atoms. The lowest BCUT2D eigenvalue weighted by atomic mass is 10.0. The number of halogens is 1. The number of pyridine rings is 2. The second-order valence-electron chi connectivity index (χ2n) is 7.20. The summed E-state index contributed by atoms with van der Waals surface area (Å²) in [5.74, 6) is 0.427. The van der Waals surface area contributed by atoms with Gasteiger partial charge in [0.15, 0.2) is 0 Å². The fraction of sp³-hybridized carbons (Fsp3) is 0.556. The van der Waals surface area contributed by atoms with Crippen molar-refractivity contribution in [2.75, 3.05) is 31.6 Å². The first-order valence-corrected chi connectivity index (χ1v) is 9.05. The number of fused-ring (bicyclic) bond motifs is 5. The minimum absolute atomic E-state index is 0.135. The van der Waals surface area contributed by atoms with Crippen LogP contribution in [0.2, 0.25) is 5.02 Å². The maximum atomic E-state index is 12.9. The van der Waals surface area contributed by atoms with E-state index in [2.05, 4.69) is 28.8 Å². The molecular weight excluding hydrogens is 340 g/mol.